The zero-order valence-electron chi connectivity index (χ0n) is 6.63. The first-order chi connectivity index (χ1) is 5.18. The molecule has 0 aromatic heterocycles. The number of nitrogens with zero attached hydrogens (tertiary/aromatic N) is 1. The highest BCUT2D eigenvalue weighted by molar-refractivity contribution is 5.66. The zero-order valence-corrected chi connectivity index (χ0v) is 6.63. The van der Waals surface area contributed by atoms with Gasteiger partial charge in [-0.1, -0.05) is 19.8 Å². The largest absolute Gasteiger partial charge is 0.481 e. The number of nitrogens with one attached hydrogen (secondary N) is 2. The van der Waals surface area contributed by atoms with Crippen molar-refractivity contribution in [3.63, 3.8) is 0 Å². The molecule has 0 aliphatic heterocycles. The molecule has 3 N–H and O–H groups in total. The molecule has 0 saturated carbocycles. The van der Waals surface area contributed by atoms with Crippen molar-refractivity contribution in [2.24, 2.45) is 0 Å². The van der Waals surface area contributed by atoms with Crippen molar-refractivity contribution in [1.29, 1.82) is 11.1 Å². The summed E-state index contributed by atoms with van der Waals surface area (Å²) >= 11 is 0. The van der Waals surface area contributed by atoms with Gasteiger partial charge in [-0.15, -0.1) is 0 Å². The first-order valence-corrected chi connectivity index (χ1v) is 3.44. The number of aliphatic carboxylic acids is 1. The van der Waals surface area contributed by atoms with Crippen molar-refractivity contribution < 1.29 is 9.90 Å². The standard InChI is InChI=1S/C6H12O2.H2N3/c1-2-3-4-5-6(7)8;1-3-2/h2-5H2,1H3,(H,7,8);1-2H/q;+1. The van der Waals surface area contributed by atoms with Crippen LogP contribution in [-0.2, 0) is 4.79 Å². The average molecular weight is 160 g/mol. The van der Waals surface area contributed by atoms with E-state index in [0.717, 1.165) is 19.3 Å². The molecule has 0 aromatic carbocycles. The summed E-state index contributed by atoms with van der Waals surface area (Å²) in [7, 11) is 0. The molecular weight excluding hydrogens is 146 g/mol. The molecule has 0 fully saturated rings. The van der Waals surface area contributed by atoms with Gasteiger partial charge >= 0.3 is 5.97 Å². The van der Waals surface area contributed by atoms with Crippen LogP contribution in [0.3, 0.4) is 0 Å². The van der Waals surface area contributed by atoms with Gasteiger partial charge in [-0.3, -0.25) is 4.79 Å². The molecule has 5 nitrogen and oxygen atoms in total. The van der Waals surface area contributed by atoms with Crippen LogP contribution in [-0.4, -0.2) is 11.1 Å². The van der Waals surface area contributed by atoms with Crippen molar-refractivity contribution >= 4 is 5.97 Å². The van der Waals surface area contributed by atoms with E-state index in [4.69, 9.17) is 16.2 Å². The summed E-state index contributed by atoms with van der Waals surface area (Å²) in [6, 6.07) is 0. The number of hydrogen-bond donors (Lipinski definition) is 3. The summed E-state index contributed by atoms with van der Waals surface area (Å²) in [5, 5.41) is 8.14. The monoisotopic (exact) mass is 160 g/mol. The third kappa shape index (κ3) is 28.2. The summed E-state index contributed by atoms with van der Waals surface area (Å²) in [6.45, 7) is 2.06. The average Bonchev–Trinajstić information content (AvgIpc) is 1.89. The van der Waals surface area contributed by atoms with Gasteiger partial charge in [0.15, 0.2) is 0 Å². The topological polar surface area (TPSA) is 99.1 Å². The molecule has 0 aromatic rings. The highest BCUT2D eigenvalue weighted by Crippen LogP contribution is 1.97. The maximum atomic E-state index is 9.87. The number of carboxylic acid groups (broad SMARTS) is 1. The van der Waals surface area contributed by atoms with E-state index < -0.39 is 5.97 Å². The van der Waals surface area contributed by atoms with Crippen LogP contribution in [0.2, 0.25) is 0 Å². The third-order valence-corrected chi connectivity index (χ3v) is 0.994. The van der Waals surface area contributed by atoms with E-state index in [2.05, 4.69) is 6.92 Å². The maximum absolute atomic E-state index is 9.87. The predicted molar refractivity (Wildman–Crippen MR) is 39.4 cm³/mol. The summed E-state index contributed by atoms with van der Waals surface area (Å²) < 4.78 is 0. The van der Waals surface area contributed by atoms with Crippen LogP contribution in [0.4, 0.5) is 0 Å². The van der Waals surface area contributed by atoms with Crippen LogP contribution in [0.1, 0.15) is 32.6 Å². The fraction of sp³-hybridized carbons (Fsp3) is 0.833. The van der Waals surface area contributed by atoms with Crippen LogP contribution in [0.25, 0.3) is 0 Å². The zero-order chi connectivity index (χ0) is 9.11. The molecule has 0 bridgehead atoms. The van der Waals surface area contributed by atoms with E-state index in [1.165, 1.54) is 0 Å². The van der Waals surface area contributed by atoms with Gasteiger partial charge in [0.1, 0.15) is 11.1 Å². The lowest BCUT2D eigenvalue weighted by Crippen LogP contribution is -1.92. The fourth-order valence-corrected chi connectivity index (χ4v) is 0.526. The Labute approximate surface area is 65.4 Å². The Hall–Kier alpha value is -1.22. The van der Waals surface area contributed by atoms with E-state index in [1.807, 2.05) is 4.91 Å². The van der Waals surface area contributed by atoms with Crippen molar-refractivity contribution in [2.75, 3.05) is 0 Å². The van der Waals surface area contributed by atoms with E-state index in [1.54, 1.807) is 0 Å². The Bertz CT molecular complexity index is 130. The van der Waals surface area contributed by atoms with Crippen molar-refractivity contribution in [2.45, 2.75) is 32.6 Å². The first-order valence-electron chi connectivity index (χ1n) is 3.44. The minimum Gasteiger partial charge on any atom is -0.481 e. The highest BCUT2D eigenvalue weighted by Gasteiger charge is 1.92. The van der Waals surface area contributed by atoms with Crippen LogP contribution in [0.5, 0.6) is 0 Å². The number of unbranched alkanes of at least 4 members (excludes halogenated alkanes) is 2. The molecule has 0 aliphatic rings. The summed E-state index contributed by atoms with van der Waals surface area (Å²) in [5.74, 6) is -0.682. The second-order valence-corrected chi connectivity index (χ2v) is 1.96. The second kappa shape index (κ2) is 11.6. The Kier molecular flexibility index (Phi) is 13.1. The number of carbonyl (C=O) groups is 1. The third-order valence-electron chi connectivity index (χ3n) is 0.994. The molecule has 0 aliphatic carbocycles. The summed E-state index contributed by atoms with van der Waals surface area (Å²) in [6.07, 6.45) is 3.28. The van der Waals surface area contributed by atoms with Crippen molar-refractivity contribution in [3.05, 3.63) is 0 Å². The van der Waals surface area contributed by atoms with Crippen LogP contribution < -0.4 is 4.91 Å². The minimum absolute atomic E-state index is 0.327. The number of hydrogen-bond acceptors (Lipinski definition) is 3. The van der Waals surface area contributed by atoms with E-state index in [9.17, 15) is 4.79 Å². The molecule has 0 unspecified atom stereocenters. The van der Waals surface area contributed by atoms with Gasteiger partial charge in [-0.05, 0) is 6.42 Å². The van der Waals surface area contributed by atoms with E-state index in [-0.39, 0.29) is 0 Å². The Balaban J connectivity index is 0. The van der Waals surface area contributed by atoms with Gasteiger partial charge in [0.05, 0.1) is 0 Å². The van der Waals surface area contributed by atoms with Gasteiger partial charge in [0, 0.05) is 6.42 Å². The second-order valence-electron chi connectivity index (χ2n) is 1.96. The summed E-state index contributed by atoms with van der Waals surface area (Å²) in [4.78, 5) is 11.9. The lowest BCUT2D eigenvalue weighted by atomic mass is 10.2. The van der Waals surface area contributed by atoms with Gasteiger partial charge in [-0.25, -0.2) is 0 Å². The molecule has 5 heteroatoms. The van der Waals surface area contributed by atoms with E-state index in [0.29, 0.717) is 6.42 Å². The predicted octanol–water partition coefficient (Wildman–Crippen LogP) is 1.77. The summed E-state index contributed by atoms with van der Waals surface area (Å²) in [5.41, 5.74) is 11.0. The lowest BCUT2D eigenvalue weighted by Gasteiger charge is -1.89. The molecule has 0 radical (unpaired) electrons. The molecule has 0 saturated heterocycles. The molecule has 0 heterocycles. The van der Waals surface area contributed by atoms with Gasteiger partial charge in [0.25, 0.3) is 0 Å². The molecule has 64 valence electrons. The smallest absolute Gasteiger partial charge is 0.303 e. The Morgan fingerprint density at radius 2 is 1.91 bits per heavy atom. The Morgan fingerprint density at radius 1 is 1.45 bits per heavy atom. The van der Waals surface area contributed by atoms with E-state index >= 15 is 0 Å². The molecule has 0 atom stereocenters. The fourth-order valence-electron chi connectivity index (χ4n) is 0.526. The van der Waals surface area contributed by atoms with Gasteiger partial charge in [0.2, 0.25) is 4.91 Å². The molecular formula is C6H14N3O2+. The number of rotatable bonds is 4. The van der Waals surface area contributed by atoms with Gasteiger partial charge < -0.3 is 5.11 Å². The number of carboxylic acids is 1. The van der Waals surface area contributed by atoms with Crippen LogP contribution in [0.15, 0.2) is 0 Å². The van der Waals surface area contributed by atoms with Gasteiger partial charge in [-0.2, -0.15) is 0 Å². The molecule has 0 amide bonds. The van der Waals surface area contributed by atoms with Crippen molar-refractivity contribution in [3.8, 4) is 0 Å². The van der Waals surface area contributed by atoms with Crippen molar-refractivity contribution in [1.82, 2.24) is 4.91 Å². The molecule has 0 rings (SSSR count). The van der Waals surface area contributed by atoms with Crippen LogP contribution in [0, 0.1) is 11.1 Å². The lowest BCUT2D eigenvalue weighted by molar-refractivity contribution is -0.137. The normalized spacial score (nSPS) is 7.36. The highest BCUT2D eigenvalue weighted by atomic mass is 16.4. The minimum atomic E-state index is -0.682. The first kappa shape index (κ1) is 12.5. The Morgan fingerprint density at radius 3 is 2.18 bits per heavy atom. The SMILES string of the molecule is CCCCCC(=O)O.N=[N+]=N. The quantitative estimate of drug-likeness (QED) is 0.331. The molecule has 11 heavy (non-hydrogen) atoms. The maximum Gasteiger partial charge on any atom is 0.303 e. The van der Waals surface area contributed by atoms with Crippen LogP contribution >= 0.6 is 0 Å². The molecule has 0 spiro atoms.